The minimum absolute atomic E-state index is 0.0372. The number of hydrogen-bond donors (Lipinski definition) is 1. The second-order valence-corrected chi connectivity index (χ2v) is 11.2. The number of nitrogens with zero attached hydrogens (tertiary/aromatic N) is 4. The van der Waals surface area contributed by atoms with Gasteiger partial charge in [0.1, 0.15) is 4.88 Å². The Morgan fingerprint density at radius 3 is 2.69 bits per heavy atom. The van der Waals surface area contributed by atoms with Crippen LogP contribution in [0.1, 0.15) is 51.9 Å². The monoisotopic (exact) mass is 439 g/mol. The van der Waals surface area contributed by atoms with Crippen LogP contribution >= 0.6 is 11.3 Å². The van der Waals surface area contributed by atoms with E-state index < -0.39 is 15.4 Å². The minimum Gasteiger partial charge on any atom is -0.339 e. The van der Waals surface area contributed by atoms with Crippen molar-refractivity contribution in [3.05, 3.63) is 27.3 Å². The molecule has 0 bridgehead atoms. The number of hydrogen-bond acceptors (Lipinski definition) is 8. The first-order valence-electron chi connectivity index (χ1n) is 9.67. The van der Waals surface area contributed by atoms with Crippen LogP contribution in [0.3, 0.4) is 0 Å². The number of rotatable bonds is 5. The van der Waals surface area contributed by atoms with Crippen molar-refractivity contribution < 1.29 is 17.7 Å². The largest absolute Gasteiger partial charge is 0.339 e. The first kappa shape index (κ1) is 20.4. The highest BCUT2D eigenvalue weighted by atomic mass is 32.2. The number of aromatic nitrogens is 3. The summed E-state index contributed by atoms with van der Waals surface area (Å²) < 4.78 is 32.5. The maximum atomic E-state index is 13.2. The maximum absolute atomic E-state index is 13.2. The molecule has 158 valence electrons. The van der Waals surface area contributed by atoms with Crippen LogP contribution in [0.25, 0.3) is 0 Å². The molecule has 29 heavy (non-hydrogen) atoms. The SMILES string of the molecule is CCS(=O)(=O)N[C@@H]1C[C@H]2CN(C(=O)c3sc(C)nc3C)C[C@@]2(c2nc(C)no2)C1. The molecular formula is C18H25N5O4S2. The van der Waals surface area contributed by atoms with Gasteiger partial charge in [-0.05, 0) is 46.5 Å². The molecule has 1 aliphatic carbocycles. The van der Waals surface area contributed by atoms with Gasteiger partial charge in [0.25, 0.3) is 5.91 Å². The van der Waals surface area contributed by atoms with Gasteiger partial charge in [0.15, 0.2) is 5.82 Å². The van der Waals surface area contributed by atoms with Gasteiger partial charge in [0, 0.05) is 19.1 Å². The number of likely N-dealkylation sites (tertiary alicyclic amines) is 1. The van der Waals surface area contributed by atoms with Gasteiger partial charge in [0.2, 0.25) is 15.9 Å². The second-order valence-electron chi connectivity index (χ2n) is 7.99. The Labute approximate surface area is 173 Å². The van der Waals surface area contributed by atoms with Gasteiger partial charge in [-0.2, -0.15) is 4.98 Å². The van der Waals surface area contributed by atoms with E-state index in [1.165, 1.54) is 11.3 Å². The van der Waals surface area contributed by atoms with Crippen LogP contribution in [0.15, 0.2) is 4.52 Å². The van der Waals surface area contributed by atoms with Gasteiger partial charge in [-0.3, -0.25) is 4.79 Å². The molecule has 2 aromatic rings. The van der Waals surface area contributed by atoms with Gasteiger partial charge in [-0.15, -0.1) is 11.3 Å². The van der Waals surface area contributed by atoms with Crippen LogP contribution in [-0.2, 0) is 15.4 Å². The smallest absolute Gasteiger partial charge is 0.265 e. The quantitative estimate of drug-likeness (QED) is 0.751. The summed E-state index contributed by atoms with van der Waals surface area (Å²) in [4.78, 5) is 24.5. The van der Waals surface area contributed by atoms with Gasteiger partial charge >= 0.3 is 0 Å². The fourth-order valence-electron chi connectivity index (χ4n) is 4.66. The number of fused-ring (bicyclic) bond motifs is 1. The van der Waals surface area contributed by atoms with E-state index in [0.717, 1.165) is 10.7 Å². The Morgan fingerprint density at radius 2 is 2.10 bits per heavy atom. The summed E-state index contributed by atoms with van der Waals surface area (Å²) in [7, 11) is -3.32. The summed E-state index contributed by atoms with van der Waals surface area (Å²) in [5.74, 6) is 1.07. The lowest BCUT2D eigenvalue weighted by molar-refractivity contribution is 0.0777. The Morgan fingerprint density at radius 1 is 1.34 bits per heavy atom. The summed E-state index contributed by atoms with van der Waals surface area (Å²) in [5.41, 5.74) is 0.205. The average Bonchev–Trinajstić information content (AvgIpc) is 3.37. The normalized spacial score (nSPS) is 26.8. The second kappa shape index (κ2) is 7.13. The van der Waals surface area contributed by atoms with Crippen molar-refractivity contribution in [1.82, 2.24) is 24.7 Å². The molecule has 1 saturated carbocycles. The fraction of sp³-hybridized carbons (Fsp3) is 0.667. The average molecular weight is 440 g/mol. The van der Waals surface area contributed by atoms with Crippen molar-refractivity contribution in [2.45, 2.75) is 52.0 Å². The molecule has 4 rings (SSSR count). The standard InChI is InChI=1S/C18H25N5O4S2/c1-5-29(25,26)22-14-6-13-8-23(16(24)15-10(2)19-12(4)28-15)9-18(13,7-14)17-20-11(3)21-27-17/h13-14,22H,5-9H2,1-4H3/t13-,14+,18-/m0/s1. The molecule has 0 unspecified atom stereocenters. The molecular weight excluding hydrogens is 414 g/mol. The first-order chi connectivity index (χ1) is 13.6. The number of thiazole rings is 1. The zero-order valence-electron chi connectivity index (χ0n) is 16.9. The van der Waals surface area contributed by atoms with E-state index in [1.54, 1.807) is 13.8 Å². The molecule has 1 N–H and O–H groups in total. The molecule has 3 heterocycles. The topological polar surface area (TPSA) is 118 Å². The Hall–Kier alpha value is -1.85. The lowest BCUT2D eigenvalue weighted by Crippen LogP contribution is -2.39. The fourth-order valence-corrected chi connectivity index (χ4v) is 6.40. The van der Waals surface area contributed by atoms with Gasteiger partial charge in [-0.1, -0.05) is 5.16 Å². The number of carbonyl (C=O) groups excluding carboxylic acids is 1. The summed E-state index contributed by atoms with van der Waals surface area (Å²) in [6, 6.07) is -0.207. The third kappa shape index (κ3) is 3.59. The van der Waals surface area contributed by atoms with E-state index in [0.29, 0.717) is 42.5 Å². The molecule has 9 nitrogen and oxygen atoms in total. The summed E-state index contributed by atoms with van der Waals surface area (Å²) in [6.45, 7) is 8.07. The number of aryl methyl sites for hydroxylation is 3. The minimum atomic E-state index is -3.32. The lowest BCUT2D eigenvalue weighted by Gasteiger charge is -2.25. The zero-order chi connectivity index (χ0) is 21.0. The Kier molecular flexibility index (Phi) is 5.02. The van der Waals surface area contributed by atoms with Gasteiger partial charge < -0.3 is 9.42 Å². The van der Waals surface area contributed by atoms with E-state index >= 15 is 0 Å². The molecule has 3 atom stereocenters. The van der Waals surface area contributed by atoms with Crippen LogP contribution in [0.2, 0.25) is 0 Å². The van der Waals surface area contributed by atoms with Crippen molar-refractivity contribution in [3.8, 4) is 0 Å². The molecule has 1 aliphatic heterocycles. The van der Waals surface area contributed by atoms with E-state index in [1.807, 2.05) is 18.7 Å². The third-order valence-corrected chi connectivity index (χ3v) is 8.45. The van der Waals surface area contributed by atoms with Gasteiger partial charge in [0.05, 0.1) is 21.9 Å². The number of amides is 1. The predicted octanol–water partition coefficient (Wildman–Crippen LogP) is 1.56. The van der Waals surface area contributed by atoms with Crippen LogP contribution in [0.4, 0.5) is 0 Å². The molecule has 2 fully saturated rings. The van der Waals surface area contributed by atoms with Crippen LogP contribution in [-0.4, -0.2) is 59.2 Å². The zero-order valence-corrected chi connectivity index (χ0v) is 18.6. The van der Waals surface area contributed by atoms with E-state index in [-0.39, 0.29) is 23.6 Å². The molecule has 2 aliphatic rings. The number of nitrogens with one attached hydrogen (secondary N) is 1. The van der Waals surface area contributed by atoms with Crippen molar-refractivity contribution in [2.24, 2.45) is 5.92 Å². The highest BCUT2D eigenvalue weighted by molar-refractivity contribution is 7.89. The third-order valence-electron chi connectivity index (χ3n) is 5.94. The maximum Gasteiger partial charge on any atom is 0.265 e. The van der Waals surface area contributed by atoms with Gasteiger partial charge in [-0.25, -0.2) is 18.1 Å². The first-order valence-corrected chi connectivity index (χ1v) is 12.1. The van der Waals surface area contributed by atoms with E-state index in [4.69, 9.17) is 4.52 Å². The van der Waals surface area contributed by atoms with Crippen molar-refractivity contribution in [3.63, 3.8) is 0 Å². The number of sulfonamides is 1. The Balaban J connectivity index is 1.63. The highest BCUT2D eigenvalue weighted by Crippen LogP contribution is 2.50. The van der Waals surface area contributed by atoms with Crippen molar-refractivity contribution >= 4 is 27.3 Å². The number of carbonyl (C=O) groups is 1. The van der Waals surface area contributed by atoms with Crippen LogP contribution < -0.4 is 4.72 Å². The molecule has 0 radical (unpaired) electrons. The van der Waals surface area contributed by atoms with Crippen molar-refractivity contribution in [1.29, 1.82) is 0 Å². The Bertz CT molecular complexity index is 1050. The summed E-state index contributed by atoms with van der Waals surface area (Å²) in [6.07, 6.45) is 1.16. The molecule has 2 aromatic heterocycles. The molecule has 1 amide bonds. The predicted molar refractivity (Wildman–Crippen MR) is 107 cm³/mol. The van der Waals surface area contributed by atoms with E-state index in [2.05, 4.69) is 19.8 Å². The summed E-state index contributed by atoms with van der Waals surface area (Å²) >= 11 is 1.40. The molecule has 11 heteroatoms. The highest BCUT2D eigenvalue weighted by Gasteiger charge is 2.58. The van der Waals surface area contributed by atoms with Crippen LogP contribution in [0, 0.1) is 26.7 Å². The molecule has 0 spiro atoms. The summed E-state index contributed by atoms with van der Waals surface area (Å²) in [5, 5.41) is 4.80. The van der Waals surface area contributed by atoms with Crippen LogP contribution in [0.5, 0.6) is 0 Å². The lowest BCUT2D eigenvalue weighted by atomic mass is 9.80. The molecule has 0 aromatic carbocycles. The van der Waals surface area contributed by atoms with Crippen molar-refractivity contribution in [2.75, 3.05) is 18.8 Å². The molecule has 1 saturated heterocycles. The van der Waals surface area contributed by atoms with E-state index in [9.17, 15) is 13.2 Å².